The predicted molar refractivity (Wildman–Crippen MR) is 114 cm³/mol. The van der Waals surface area contributed by atoms with Crippen LogP contribution < -0.4 is 0 Å². The van der Waals surface area contributed by atoms with E-state index in [4.69, 9.17) is 0 Å². The lowest BCUT2D eigenvalue weighted by atomic mass is 10.1. The van der Waals surface area contributed by atoms with Gasteiger partial charge in [-0.15, -0.1) is 0 Å². The van der Waals surface area contributed by atoms with Crippen LogP contribution in [0.25, 0.3) is 0 Å². The lowest BCUT2D eigenvalue weighted by molar-refractivity contribution is 0.489. The zero-order valence-corrected chi connectivity index (χ0v) is 18.9. The fourth-order valence-corrected chi connectivity index (χ4v) is 9.50. The van der Waals surface area contributed by atoms with Gasteiger partial charge in [0, 0.05) is 13.1 Å². The molecule has 0 bridgehead atoms. The number of benzene rings is 1. The summed E-state index contributed by atoms with van der Waals surface area (Å²) in [6, 6.07) is 10.8. The van der Waals surface area contributed by atoms with Crippen LogP contribution in [-0.2, 0) is 10.0 Å². The predicted octanol–water partition coefficient (Wildman–Crippen LogP) is 5.31. The van der Waals surface area contributed by atoms with E-state index in [1.807, 2.05) is 26.0 Å². The molecule has 1 aromatic carbocycles. The number of hydrogen-bond donors (Lipinski definition) is 0. The lowest BCUT2D eigenvalue weighted by Gasteiger charge is -2.31. The van der Waals surface area contributed by atoms with E-state index in [2.05, 4.69) is 33.8 Å². The van der Waals surface area contributed by atoms with Gasteiger partial charge < -0.3 is 0 Å². The molecule has 0 N–H and O–H groups in total. The Hall–Kier alpha value is -1.17. The van der Waals surface area contributed by atoms with Crippen molar-refractivity contribution in [2.75, 3.05) is 13.1 Å². The van der Waals surface area contributed by atoms with E-state index >= 15 is 0 Å². The number of allylic oxidation sites excluding steroid dienone is 2. The zero-order valence-electron chi connectivity index (χ0n) is 17.1. The third-order valence-electron chi connectivity index (χ3n) is 6.35. The molecule has 0 amide bonds. The van der Waals surface area contributed by atoms with Crippen molar-refractivity contribution in [3.05, 3.63) is 52.2 Å². The van der Waals surface area contributed by atoms with Crippen molar-refractivity contribution in [2.45, 2.75) is 64.6 Å². The molecule has 2 rings (SSSR count). The Morgan fingerprint density at radius 3 is 2.08 bits per heavy atom. The summed E-state index contributed by atoms with van der Waals surface area (Å²) in [5.74, 6) is 0. The van der Waals surface area contributed by atoms with Crippen LogP contribution >= 0.6 is 0 Å². The molecule has 0 radical (unpaired) electrons. The van der Waals surface area contributed by atoms with Gasteiger partial charge in [-0.1, -0.05) is 67.9 Å². The number of rotatable bonds is 6. The summed E-state index contributed by atoms with van der Waals surface area (Å²) in [7, 11) is -4.96. The first-order valence-electron chi connectivity index (χ1n) is 9.68. The number of aryl methyl sites for hydroxylation is 1. The maximum atomic E-state index is 13.1. The molecule has 1 heterocycles. The van der Waals surface area contributed by atoms with E-state index in [0.29, 0.717) is 18.0 Å². The molecular formula is C21H33NO2SSi. The van der Waals surface area contributed by atoms with E-state index in [1.165, 1.54) is 34.5 Å². The SMILES string of the molecule is C/C=C1\CN(S(=O)(=O)c2ccc(C)cc2)C\C1=C(/C)[Si](CC)(CC)CC. The monoisotopic (exact) mass is 391 g/mol. The Morgan fingerprint density at radius 1 is 1.08 bits per heavy atom. The molecule has 5 heteroatoms. The Balaban J connectivity index is 2.46. The van der Waals surface area contributed by atoms with Crippen LogP contribution in [-0.4, -0.2) is 33.9 Å². The fourth-order valence-electron chi connectivity index (χ4n) is 4.14. The molecule has 0 aliphatic carbocycles. The largest absolute Gasteiger partial charge is 0.243 e. The number of nitrogens with zero attached hydrogens (tertiary/aromatic N) is 1. The van der Waals surface area contributed by atoms with Crippen LogP contribution in [0.2, 0.25) is 18.1 Å². The molecule has 1 fully saturated rings. The molecule has 1 aliphatic rings. The quantitative estimate of drug-likeness (QED) is 0.616. The van der Waals surface area contributed by atoms with Crippen LogP contribution in [0.5, 0.6) is 0 Å². The Morgan fingerprint density at radius 2 is 1.62 bits per heavy atom. The second-order valence-electron chi connectivity index (χ2n) is 7.34. The molecule has 0 atom stereocenters. The van der Waals surface area contributed by atoms with Gasteiger partial charge in [-0.3, -0.25) is 0 Å². The maximum absolute atomic E-state index is 13.1. The molecule has 3 nitrogen and oxygen atoms in total. The van der Waals surface area contributed by atoms with Crippen LogP contribution in [0, 0.1) is 6.92 Å². The highest BCUT2D eigenvalue weighted by Gasteiger charge is 2.37. The first kappa shape index (κ1) is 21.1. The average molecular weight is 392 g/mol. The standard InChI is InChI=1S/C21H33NO2SSi/c1-7-19-15-22(25(23,24)20-13-11-17(5)12-14-20)16-21(19)18(6)26(8-2,9-3)10-4/h7,11-14H,8-10,15-16H2,1-6H3/b19-7+,21-18-. The van der Waals surface area contributed by atoms with Gasteiger partial charge in [0.1, 0.15) is 0 Å². The summed E-state index contributed by atoms with van der Waals surface area (Å²) in [5, 5.41) is 1.50. The van der Waals surface area contributed by atoms with Crippen LogP contribution in [0.4, 0.5) is 0 Å². The van der Waals surface area contributed by atoms with Gasteiger partial charge >= 0.3 is 0 Å². The molecule has 0 unspecified atom stereocenters. The molecule has 0 spiro atoms. The smallest absolute Gasteiger partial charge is 0.207 e. The van der Waals surface area contributed by atoms with Crippen molar-refractivity contribution in [1.29, 1.82) is 0 Å². The maximum Gasteiger partial charge on any atom is 0.243 e. The summed E-state index contributed by atoms with van der Waals surface area (Å²) < 4.78 is 27.9. The molecule has 1 aromatic rings. The van der Waals surface area contributed by atoms with E-state index < -0.39 is 18.1 Å². The molecule has 1 saturated heterocycles. The minimum Gasteiger partial charge on any atom is -0.207 e. The normalized spacial score (nSPS) is 20.0. The third kappa shape index (κ3) is 3.75. The van der Waals surface area contributed by atoms with Crippen LogP contribution in [0.3, 0.4) is 0 Å². The van der Waals surface area contributed by atoms with Crippen LogP contribution in [0.1, 0.15) is 40.2 Å². The summed E-state index contributed by atoms with van der Waals surface area (Å²) >= 11 is 0. The van der Waals surface area contributed by atoms with E-state index in [0.717, 1.165) is 5.56 Å². The van der Waals surface area contributed by atoms with Crippen LogP contribution in [0.15, 0.2) is 51.6 Å². The average Bonchev–Trinajstić information content (AvgIpc) is 3.09. The lowest BCUT2D eigenvalue weighted by Crippen LogP contribution is -2.35. The van der Waals surface area contributed by atoms with Crippen molar-refractivity contribution < 1.29 is 8.42 Å². The first-order valence-corrected chi connectivity index (χ1v) is 13.7. The minimum absolute atomic E-state index is 0.391. The summed E-state index contributed by atoms with van der Waals surface area (Å²) in [6.45, 7) is 14.2. The van der Waals surface area contributed by atoms with Crippen molar-refractivity contribution in [3.63, 3.8) is 0 Å². The van der Waals surface area contributed by atoms with Gasteiger partial charge in [-0.25, -0.2) is 8.42 Å². The van der Waals surface area contributed by atoms with Gasteiger partial charge in [-0.05, 0) is 44.1 Å². The number of sulfonamides is 1. The summed E-state index contributed by atoms with van der Waals surface area (Å²) in [5.41, 5.74) is 3.53. The molecular weight excluding hydrogens is 358 g/mol. The van der Waals surface area contributed by atoms with Gasteiger partial charge in [-0.2, -0.15) is 4.31 Å². The Labute approximate surface area is 160 Å². The Bertz CT molecular complexity index is 795. The molecule has 144 valence electrons. The van der Waals surface area contributed by atoms with E-state index in [-0.39, 0.29) is 0 Å². The van der Waals surface area contributed by atoms with Crippen molar-refractivity contribution in [2.24, 2.45) is 0 Å². The first-order chi connectivity index (χ1) is 12.3. The third-order valence-corrected chi connectivity index (χ3v) is 14.1. The van der Waals surface area contributed by atoms with E-state index in [1.54, 1.807) is 16.4 Å². The zero-order chi connectivity index (χ0) is 19.5. The minimum atomic E-state index is -3.46. The Kier molecular flexibility index (Phi) is 6.69. The number of hydrogen-bond acceptors (Lipinski definition) is 2. The molecule has 0 saturated carbocycles. The molecule has 1 aliphatic heterocycles. The van der Waals surface area contributed by atoms with Gasteiger partial charge in [0.25, 0.3) is 0 Å². The topological polar surface area (TPSA) is 37.4 Å². The second-order valence-corrected chi connectivity index (χ2v) is 14.7. The van der Waals surface area contributed by atoms with Gasteiger partial charge in [0.2, 0.25) is 10.0 Å². The second kappa shape index (κ2) is 8.24. The summed E-state index contributed by atoms with van der Waals surface area (Å²) in [4.78, 5) is 0.391. The molecule has 0 aromatic heterocycles. The van der Waals surface area contributed by atoms with Crippen molar-refractivity contribution >= 4 is 18.1 Å². The molecule has 26 heavy (non-hydrogen) atoms. The van der Waals surface area contributed by atoms with Gasteiger partial charge in [0.05, 0.1) is 13.0 Å². The van der Waals surface area contributed by atoms with Crippen molar-refractivity contribution in [1.82, 2.24) is 4.31 Å². The van der Waals surface area contributed by atoms with Crippen molar-refractivity contribution in [3.8, 4) is 0 Å². The van der Waals surface area contributed by atoms with E-state index in [9.17, 15) is 8.42 Å². The summed E-state index contributed by atoms with van der Waals surface area (Å²) in [6.07, 6.45) is 2.10. The highest BCUT2D eigenvalue weighted by molar-refractivity contribution is 7.89. The van der Waals surface area contributed by atoms with Gasteiger partial charge in [0.15, 0.2) is 0 Å². The highest BCUT2D eigenvalue weighted by Crippen LogP contribution is 2.37. The highest BCUT2D eigenvalue weighted by atomic mass is 32.2. The fraction of sp³-hybridized carbons (Fsp3) is 0.524.